The second kappa shape index (κ2) is 3.78. The van der Waals surface area contributed by atoms with Crippen molar-refractivity contribution in [3.63, 3.8) is 0 Å². The van der Waals surface area contributed by atoms with Crippen molar-refractivity contribution < 1.29 is 9.60 Å². The second-order valence-electron chi connectivity index (χ2n) is 3.57. The first kappa shape index (κ1) is 9.19. The molecule has 2 rings (SSSR count). The van der Waals surface area contributed by atoms with Crippen LogP contribution in [0.4, 0.5) is 4.39 Å². The molecule has 1 atom stereocenters. The van der Waals surface area contributed by atoms with Gasteiger partial charge in [-0.25, -0.2) is 4.39 Å². The van der Waals surface area contributed by atoms with Crippen LogP contribution < -0.4 is 0 Å². The van der Waals surface area contributed by atoms with Crippen LogP contribution in [0.1, 0.15) is 29.9 Å². The van der Waals surface area contributed by atoms with E-state index in [2.05, 4.69) is 5.16 Å². The zero-order chi connectivity index (χ0) is 9.97. The van der Waals surface area contributed by atoms with Crippen LogP contribution in [0.5, 0.6) is 0 Å². The molecule has 0 heterocycles. The molecule has 0 aromatic heterocycles. The molecule has 0 bridgehead atoms. The molecule has 74 valence electrons. The van der Waals surface area contributed by atoms with E-state index in [4.69, 9.17) is 5.21 Å². The number of hydrogen-bond acceptors (Lipinski definition) is 2. The highest BCUT2D eigenvalue weighted by molar-refractivity contribution is 5.68. The molecule has 0 radical (unpaired) electrons. The number of benzene rings is 1. The lowest BCUT2D eigenvalue weighted by atomic mass is 9.83. The lowest BCUT2D eigenvalue weighted by molar-refractivity contribution is 0.319. The van der Waals surface area contributed by atoms with Gasteiger partial charge in [0.1, 0.15) is 5.82 Å². The van der Waals surface area contributed by atoms with Gasteiger partial charge in [-0.05, 0) is 36.5 Å². The van der Waals surface area contributed by atoms with E-state index in [9.17, 15) is 4.39 Å². The summed E-state index contributed by atoms with van der Waals surface area (Å²) in [7, 11) is 0. The topological polar surface area (TPSA) is 32.6 Å². The van der Waals surface area contributed by atoms with Crippen LogP contribution >= 0.6 is 0 Å². The van der Waals surface area contributed by atoms with E-state index in [-0.39, 0.29) is 11.7 Å². The van der Waals surface area contributed by atoms with E-state index < -0.39 is 0 Å². The van der Waals surface area contributed by atoms with E-state index in [0.717, 1.165) is 30.4 Å². The SMILES string of the molecule is O/N=C\C1CCCc2c(F)cccc21. The van der Waals surface area contributed by atoms with Gasteiger partial charge in [0.25, 0.3) is 0 Å². The van der Waals surface area contributed by atoms with E-state index in [1.165, 1.54) is 12.3 Å². The minimum absolute atomic E-state index is 0.0689. The molecular formula is C11H12FNO. The van der Waals surface area contributed by atoms with Gasteiger partial charge in [0.2, 0.25) is 0 Å². The predicted octanol–water partition coefficient (Wildman–Crippen LogP) is 2.71. The van der Waals surface area contributed by atoms with Crippen molar-refractivity contribution in [2.45, 2.75) is 25.2 Å². The predicted molar refractivity (Wildman–Crippen MR) is 52.4 cm³/mol. The maximum atomic E-state index is 13.4. The molecule has 1 aliphatic carbocycles. The molecule has 1 aliphatic rings. The van der Waals surface area contributed by atoms with Gasteiger partial charge in [-0.3, -0.25) is 0 Å². The molecule has 0 saturated heterocycles. The van der Waals surface area contributed by atoms with Gasteiger partial charge in [0.15, 0.2) is 0 Å². The number of nitrogens with zero attached hydrogens (tertiary/aromatic N) is 1. The zero-order valence-electron chi connectivity index (χ0n) is 7.78. The van der Waals surface area contributed by atoms with E-state index in [0.29, 0.717) is 0 Å². The Kier molecular flexibility index (Phi) is 2.48. The summed E-state index contributed by atoms with van der Waals surface area (Å²) in [6.07, 6.45) is 4.15. The summed E-state index contributed by atoms with van der Waals surface area (Å²) >= 11 is 0. The largest absolute Gasteiger partial charge is 0.411 e. The summed E-state index contributed by atoms with van der Waals surface area (Å²) in [6, 6.07) is 5.10. The highest BCUT2D eigenvalue weighted by atomic mass is 19.1. The Morgan fingerprint density at radius 3 is 3.14 bits per heavy atom. The minimum atomic E-state index is -0.140. The molecule has 0 saturated carbocycles. The van der Waals surface area contributed by atoms with E-state index in [1.807, 2.05) is 6.07 Å². The van der Waals surface area contributed by atoms with Crippen LogP contribution in [0.2, 0.25) is 0 Å². The van der Waals surface area contributed by atoms with Crippen molar-refractivity contribution in [1.29, 1.82) is 0 Å². The summed E-state index contributed by atoms with van der Waals surface area (Å²) in [4.78, 5) is 0. The third-order valence-corrected chi connectivity index (χ3v) is 2.74. The molecule has 0 spiro atoms. The van der Waals surface area contributed by atoms with E-state index in [1.54, 1.807) is 6.07 Å². The third-order valence-electron chi connectivity index (χ3n) is 2.74. The molecule has 0 amide bonds. The Morgan fingerprint density at radius 2 is 2.36 bits per heavy atom. The average Bonchev–Trinajstić information content (AvgIpc) is 2.20. The molecule has 0 fully saturated rings. The van der Waals surface area contributed by atoms with Crippen molar-refractivity contribution >= 4 is 6.21 Å². The van der Waals surface area contributed by atoms with Crippen molar-refractivity contribution in [1.82, 2.24) is 0 Å². The summed E-state index contributed by atoms with van der Waals surface area (Å²) in [5, 5.41) is 11.5. The molecule has 1 unspecified atom stereocenters. The molecule has 0 aliphatic heterocycles. The number of hydrogen-bond donors (Lipinski definition) is 1. The number of fused-ring (bicyclic) bond motifs is 1. The first-order chi connectivity index (χ1) is 6.83. The van der Waals surface area contributed by atoms with Crippen LogP contribution in [-0.2, 0) is 6.42 Å². The van der Waals surface area contributed by atoms with Gasteiger partial charge in [0, 0.05) is 5.92 Å². The normalized spacial score (nSPS) is 21.1. The van der Waals surface area contributed by atoms with Crippen LogP contribution in [0.15, 0.2) is 23.4 Å². The van der Waals surface area contributed by atoms with Crippen molar-refractivity contribution in [3.8, 4) is 0 Å². The van der Waals surface area contributed by atoms with Gasteiger partial charge in [-0.15, -0.1) is 5.16 Å². The lowest BCUT2D eigenvalue weighted by Gasteiger charge is -2.22. The Balaban J connectivity index is 2.44. The van der Waals surface area contributed by atoms with Crippen LogP contribution in [-0.4, -0.2) is 11.4 Å². The molecule has 1 aromatic carbocycles. The van der Waals surface area contributed by atoms with Gasteiger partial charge in [-0.1, -0.05) is 12.1 Å². The Bertz CT molecular complexity index is 362. The monoisotopic (exact) mass is 193 g/mol. The highest BCUT2D eigenvalue weighted by Crippen LogP contribution is 2.31. The van der Waals surface area contributed by atoms with Crippen LogP contribution in [0, 0.1) is 5.82 Å². The van der Waals surface area contributed by atoms with Gasteiger partial charge in [0.05, 0.1) is 6.21 Å². The maximum absolute atomic E-state index is 13.4. The third kappa shape index (κ3) is 1.50. The zero-order valence-corrected chi connectivity index (χ0v) is 7.78. The standard InChI is InChI=1S/C11H12FNO/c12-11-6-2-4-9-8(7-13-14)3-1-5-10(9)11/h2,4,6-8,14H,1,3,5H2/b13-7-. The number of halogens is 1. The second-order valence-corrected chi connectivity index (χ2v) is 3.57. The fourth-order valence-electron chi connectivity index (χ4n) is 2.08. The van der Waals surface area contributed by atoms with Crippen LogP contribution in [0.25, 0.3) is 0 Å². The van der Waals surface area contributed by atoms with Crippen molar-refractivity contribution in [2.24, 2.45) is 5.16 Å². The summed E-state index contributed by atoms with van der Waals surface area (Å²) in [5.41, 5.74) is 1.75. The molecule has 1 N–H and O–H groups in total. The lowest BCUT2D eigenvalue weighted by Crippen LogP contribution is -2.12. The average molecular weight is 193 g/mol. The summed E-state index contributed by atoms with van der Waals surface area (Å²) < 4.78 is 13.4. The summed E-state index contributed by atoms with van der Waals surface area (Å²) in [5.74, 6) is -0.0713. The van der Waals surface area contributed by atoms with Gasteiger partial charge >= 0.3 is 0 Å². The number of rotatable bonds is 1. The fourth-order valence-corrected chi connectivity index (χ4v) is 2.08. The molecule has 3 heteroatoms. The van der Waals surface area contributed by atoms with E-state index >= 15 is 0 Å². The molecule has 1 aromatic rings. The number of oxime groups is 1. The molecule has 14 heavy (non-hydrogen) atoms. The van der Waals surface area contributed by atoms with Crippen molar-refractivity contribution in [3.05, 3.63) is 35.1 Å². The smallest absolute Gasteiger partial charge is 0.126 e. The van der Waals surface area contributed by atoms with Gasteiger partial charge < -0.3 is 5.21 Å². The first-order valence-corrected chi connectivity index (χ1v) is 4.78. The molecule has 2 nitrogen and oxygen atoms in total. The first-order valence-electron chi connectivity index (χ1n) is 4.78. The summed E-state index contributed by atoms with van der Waals surface area (Å²) in [6.45, 7) is 0. The van der Waals surface area contributed by atoms with Gasteiger partial charge in [-0.2, -0.15) is 0 Å². The van der Waals surface area contributed by atoms with Crippen molar-refractivity contribution in [2.75, 3.05) is 0 Å². The van der Waals surface area contributed by atoms with Crippen LogP contribution in [0.3, 0.4) is 0 Å². The Labute approximate surface area is 82.1 Å². The highest BCUT2D eigenvalue weighted by Gasteiger charge is 2.20. The fraction of sp³-hybridized carbons (Fsp3) is 0.364. The quantitative estimate of drug-likeness (QED) is 0.415. The maximum Gasteiger partial charge on any atom is 0.126 e. The Morgan fingerprint density at radius 1 is 1.50 bits per heavy atom. The Hall–Kier alpha value is -1.38. The minimum Gasteiger partial charge on any atom is -0.411 e. The molecular weight excluding hydrogens is 181 g/mol.